The molecule has 2 bridgehead atoms. The van der Waals surface area contributed by atoms with Crippen LogP contribution in [0.25, 0.3) is 6.08 Å². The van der Waals surface area contributed by atoms with Crippen molar-refractivity contribution in [2.45, 2.75) is 45.4 Å². The van der Waals surface area contributed by atoms with Gasteiger partial charge in [-0.1, -0.05) is 49.4 Å². The number of pyridine rings is 1. The fraction of sp³-hybridized carbons (Fsp3) is 0.440. The van der Waals surface area contributed by atoms with Crippen LogP contribution in [-0.4, -0.2) is 39.7 Å². The lowest BCUT2D eigenvalue weighted by Gasteiger charge is -2.37. The number of nitrogens with one attached hydrogen (secondary N) is 1. The number of carbonyl (C=O) groups excluding carboxylic acids is 1. The standard InChI is InChI=1S/C25H31N3O3/c1-4-9-18-12-13-20-23-22(24(30)26-16(3)17-10-7-6-8-11-17)19(15-29)21(27(23)5-2)14-28(20)25(18)31/h4,6-13,16,19,21-23,29H,5,14-15H2,1-3H3,(H,26,30)/t16-,19-,21-,22+,23+/m1/s1. The zero-order valence-corrected chi connectivity index (χ0v) is 18.4. The van der Waals surface area contributed by atoms with E-state index in [1.165, 1.54) is 0 Å². The van der Waals surface area contributed by atoms with E-state index in [1.54, 1.807) is 0 Å². The SMILES string of the molecule is CC=Cc1ccc2n(c1=O)C[C@@H]1[C@@H](CO)[C@H](C(=O)N[C@H](C)c3ccccc3)[C@H]2N1CC. The van der Waals surface area contributed by atoms with Crippen molar-refractivity contribution in [3.05, 3.63) is 75.7 Å². The first-order chi connectivity index (χ1) is 15.0. The molecule has 2 aliphatic rings. The molecule has 0 radical (unpaired) electrons. The lowest BCUT2D eigenvalue weighted by Crippen LogP contribution is -2.46. The molecule has 4 rings (SSSR count). The smallest absolute Gasteiger partial charge is 0.258 e. The van der Waals surface area contributed by atoms with Gasteiger partial charge in [0.1, 0.15) is 0 Å². The molecule has 0 aliphatic carbocycles. The Bertz CT molecular complexity index is 1030. The molecule has 1 aromatic heterocycles. The molecule has 164 valence electrons. The number of aromatic nitrogens is 1. The first-order valence-electron chi connectivity index (χ1n) is 11.1. The van der Waals surface area contributed by atoms with Gasteiger partial charge in [-0.2, -0.15) is 0 Å². The maximum absolute atomic E-state index is 13.5. The normalized spacial score (nSPS) is 26.1. The number of rotatable bonds is 6. The van der Waals surface area contributed by atoms with Crippen molar-refractivity contribution in [3.8, 4) is 0 Å². The van der Waals surface area contributed by atoms with E-state index in [2.05, 4.69) is 17.1 Å². The second kappa shape index (κ2) is 8.81. The second-order valence-electron chi connectivity index (χ2n) is 8.49. The van der Waals surface area contributed by atoms with Gasteiger partial charge < -0.3 is 15.0 Å². The molecular formula is C25H31N3O3. The van der Waals surface area contributed by atoms with E-state index >= 15 is 0 Å². The molecule has 0 saturated carbocycles. The lowest BCUT2D eigenvalue weighted by atomic mass is 9.86. The summed E-state index contributed by atoms with van der Waals surface area (Å²) < 4.78 is 1.81. The number of aliphatic hydroxyl groups excluding tert-OH is 1. The number of amides is 1. The summed E-state index contributed by atoms with van der Waals surface area (Å²) in [4.78, 5) is 28.9. The Kier molecular flexibility index (Phi) is 6.12. The zero-order chi connectivity index (χ0) is 22.1. The zero-order valence-electron chi connectivity index (χ0n) is 18.4. The molecule has 6 heteroatoms. The maximum Gasteiger partial charge on any atom is 0.258 e. The fourth-order valence-electron chi connectivity index (χ4n) is 5.41. The molecule has 2 aliphatic heterocycles. The highest BCUT2D eigenvalue weighted by Gasteiger charge is 2.55. The fourth-order valence-corrected chi connectivity index (χ4v) is 5.41. The molecule has 0 spiro atoms. The van der Waals surface area contributed by atoms with E-state index in [4.69, 9.17) is 0 Å². The Balaban J connectivity index is 1.72. The van der Waals surface area contributed by atoms with E-state index in [1.807, 2.05) is 73.0 Å². The molecule has 2 aromatic rings. The Hall–Kier alpha value is -2.70. The highest BCUT2D eigenvalue weighted by atomic mass is 16.3. The van der Waals surface area contributed by atoms with Gasteiger partial charge in [-0.15, -0.1) is 0 Å². The number of hydrogen-bond donors (Lipinski definition) is 2. The summed E-state index contributed by atoms with van der Waals surface area (Å²) in [6.07, 6.45) is 3.68. The number of benzene rings is 1. The highest BCUT2D eigenvalue weighted by Crippen LogP contribution is 2.48. The predicted molar refractivity (Wildman–Crippen MR) is 121 cm³/mol. The van der Waals surface area contributed by atoms with Crippen LogP contribution in [0.5, 0.6) is 0 Å². The monoisotopic (exact) mass is 421 g/mol. The number of allylic oxidation sites excluding steroid dienone is 1. The van der Waals surface area contributed by atoms with Crippen LogP contribution >= 0.6 is 0 Å². The molecule has 0 unspecified atom stereocenters. The van der Waals surface area contributed by atoms with Gasteiger partial charge in [-0.25, -0.2) is 0 Å². The van der Waals surface area contributed by atoms with Crippen LogP contribution in [0.1, 0.15) is 49.7 Å². The van der Waals surface area contributed by atoms with Gasteiger partial charge in [0.05, 0.1) is 18.0 Å². The summed E-state index contributed by atoms with van der Waals surface area (Å²) in [5.74, 6) is -0.709. The number of likely N-dealkylation sites (N-methyl/N-ethyl adjacent to an activating group) is 1. The molecule has 1 fully saturated rings. The molecule has 3 heterocycles. The van der Waals surface area contributed by atoms with Crippen molar-refractivity contribution in [2.24, 2.45) is 11.8 Å². The maximum atomic E-state index is 13.5. The first kappa shape index (κ1) is 21.5. The van der Waals surface area contributed by atoms with E-state index in [9.17, 15) is 14.7 Å². The third kappa shape index (κ3) is 3.64. The third-order valence-corrected chi connectivity index (χ3v) is 6.87. The third-order valence-electron chi connectivity index (χ3n) is 6.87. The van der Waals surface area contributed by atoms with Gasteiger partial charge >= 0.3 is 0 Å². The number of hydrogen-bond acceptors (Lipinski definition) is 4. The number of carbonyl (C=O) groups is 1. The Labute approximate surface area is 183 Å². The summed E-state index contributed by atoms with van der Waals surface area (Å²) in [6, 6.07) is 13.3. The van der Waals surface area contributed by atoms with Crippen LogP contribution in [0, 0.1) is 11.8 Å². The van der Waals surface area contributed by atoms with Gasteiger partial charge in [0, 0.05) is 36.4 Å². The topological polar surface area (TPSA) is 74.6 Å². The van der Waals surface area contributed by atoms with Crippen LogP contribution in [-0.2, 0) is 11.3 Å². The summed E-state index contributed by atoms with van der Waals surface area (Å²) in [7, 11) is 0. The molecule has 2 N–H and O–H groups in total. The summed E-state index contributed by atoms with van der Waals surface area (Å²) in [5, 5.41) is 13.4. The van der Waals surface area contributed by atoms with Crippen molar-refractivity contribution < 1.29 is 9.90 Å². The molecule has 5 atom stereocenters. The minimum atomic E-state index is -0.415. The van der Waals surface area contributed by atoms with Gasteiger partial charge in [0.25, 0.3) is 5.56 Å². The number of nitrogens with zero attached hydrogens (tertiary/aromatic N) is 2. The Morgan fingerprint density at radius 2 is 2.00 bits per heavy atom. The van der Waals surface area contributed by atoms with Crippen molar-refractivity contribution in [1.82, 2.24) is 14.8 Å². The average molecular weight is 422 g/mol. The van der Waals surface area contributed by atoms with Gasteiger partial charge in [-0.3, -0.25) is 14.5 Å². The summed E-state index contributed by atoms with van der Waals surface area (Å²) >= 11 is 0. The van der Waals surface area contributed by atoms with Gasteiger partial charge in [0.2, 0.25) is 5.91 Å². The van der Waals surface area contributed by atoms with E-state index in [0.717, 1.165) is 17.8 Å². The summed E-state index contributed by atoms with van der Waals surface area (Å²) in [5.41, 5.74) is 2.52. The minimum Gasteiger partial charge on any atom is -0.396 e. The highest BCUT2D eigenvalue weighted by molar-refractivity contribution is 5.81. The first-order valence-corrected chi connectivity index (χ1v) is 11.1. The van der Waals surface area contributed by atoms with Crippen molar-refractivity contribution in [1.29, 1.82) is 0 Å². The van der Waals surface area contributed by atoms with Gasteiger partial charge in [0.15, 0.2) is 0 Å². The molecule has 1 saturated heterocycles. The van der Waals surface area contributed by atoms with E-state index < -0.39 is 5.92 Å². The second-order valence-corrected chi connectivity index (χ2v) is 8.49. The van der Waals surface area contributed by atoms with Crippen LogP contribution in [0.3, 0.4) is 0 Å². The minimum absolute atomic E-state index is 0.0308. The van der Waals surface area contributed by atoms with Crippen LogP contribution in [0.2, 0.25) is 0 Å². The van der Waals surface area contributed by atoms with Gasteiger partial charge in [-0.05, 0) is 38.1 Å². The van der Waals surface area contributed by atoms with E-state index in [-0.39, 0.29) is 42.1 Å². The number of fused-ring (bicyclic) bond motifs is 4. The Morgan fingerprint density at radius 3 is 2.65 bits per heavy atom. The molecule has 31 heavy (non-hydrogen) atoms. The lowest BCUT2D eigenvalue weighted by molar-refractivity contribution is -0.128. The van der Waals surface area contributed by atoms with Crippen molar-refractivity contribution >= 4 is 12.0 Å². The average Bonchev–Trinajstić information content (AvgIpc) is 3.02. The summed E-state index contributed by atoms with van der Waals surface area (Å²) in [6.45, 7) is 7.11. The quantitative estimate of drug-likeness (QED) is 0.752. The van der Waals surface area contributed by atoms with Crippen molar-refractivity contribution in [2.75, 3.05) is 13.2 Å². The molecule has 6 nitrogen and oxygen atoms in total. The van der Waals surface area contributed by atoms with Crippen molar-refractivity contribution in [3.63, 3.8) is 0 Å². The van der Waals surface area contributed by atoms with E-state index in [0.29, 0.717) is 12.1 Å². The molecular weight excluding hydrogens is 390 g/mol. The van der Waals surface area contributed by atoms with Crippen LogP contribution < -0.4 is 10.9 Å². The largest absolute Gasteiger partial charge is 0.396 e. The number of aliphatic hydroxyl groups is 1. The molecule has 1 aromatic carbocycles. The molecule has 1 amide bonds. The van der Waals surface area contributed by atoms with Crippen LogP contribution in [0.15, 0.2) is 53.3 Å². The predicted octanol–water partition coefficient (Wildman–Crippen LogP) is 2.74. The van der Waals surface area contributed by atoms with Crippen LogP contribution in [0.4, 0.5) is 0 Å². The Morgan fingerprint density at radius 1 is 1.26 bits per heavy atom.